The molecule has 0 aromatic carbocycles. The maximum atomic E-state index is 5.02. The molecule has 1 aliphatic heterocycles. The summed E-state index contributed by atoms with van der Waals surface area (Å²) >= 11 is 0. The molecule has 2 aromatic heterocycles. The number of furan rings is 1. The van der Waals surface area contributed by atoms with Crippen molar-refractivity contribution >= 4 is 0 Å². The minimum Gasteiger partial charge on any atom is -0.472 e. The van der Waals surface area contributed by atoms with Crippen molar-refractivity contribution in [2.24, 2.45) is 0 Å². The molecule has 0 spiro atoms. The number of fused-ring (bicyclic) bond motifs is 1. The first-order chi connectivity index (χ1) is 8.42. The summed E-state index contributed by atoms with van der Waals surface area (Å²) in [5, 5.41) is 6.90. The Bertz CT molecular complexity index is 463. The number of nitrogens with zero attached hydrogens (tertiary/aromatic N) is 1. The Morgan fingerprint density at radius 2 is 2.53 bits per heavy atom. The Morgan fingerprint density at radius 3 is 3.41 bits per heavy atom. The van der Waals surface area contributed by atoms with Crippen molar-refractivity contribution in [3.63, 3.8) is 0 Å². The van der Waals surface area contributed by atoms with Gasteiger partial charge in [-0.1, -0.05) is 0 Å². The lowest BCUT2D eigenvalue weighted by atomic mass is 10.1. The molecule has 0 aliphatic carbocycles. The summed E-state index contributed by atoms with van der Waals surface area (Å²) in [7, 11) is 0. The average molecular weight is 232 g/mol. The van der Waals surface area contributed by atoms with Crippen LogP contribution < -0.4 is 10.6 Å². The molecule has 3 N–H and O–H groups in total. The van der Waals surface area contributed by atoms with Gasteiger partial charge in [0.15, 0.2) is 0 Å². The summed E-state index contributed by atoms with van der Waals surface area (Å²) in [6.45, 7) is 2.67. The minimum atomic E-state index is 0.456. The monoisotopic (exact) mass is 232 g/mol. The maximum Gasteiger partial charge on any atom is 0.0947 e. The van der Waals surface area contributed by atoms with Gasteiger partial charge in [-0.2, -0.15) is 0 Å². The molecule has 0 fully saturated rings. The van der Waals surface area contributed by atoms with Crippen LogP contribution in [0.1, 0.15) is 17.0 Å². The molecule has 5 nitrogen and oxygen atoms in total. The van der Waals surface area contributed by atoms with Crippen molar-refractivity contribution in [2.75, 3.05) is 6.54 Å². The predicted octanol–water partition coefficient (Wildman–Crippen LogP) is 0.807. The van der Waals surface area contributed by atoms with E-state index in [2.05, 4.69) is 20.6 Å². The van der Waals surface area contributed by atoms with Crippen molar-refractivity contribution in [3.05, 3.63) is 41.9 Å². The molecule has 0 amide bonds. The van der Waals surface area contributed by atoms with Crippen LogP contribution in [-0.4, -0.2) is 22.6 Å². The van der Waals surface area contributed by atoms with Gasteiger partial charge >= 0.3 is 0 Å². The molecule has 0 saturated carbocycles. The lowest BCUT2D eigenvalue weighted by Gasteiger charge is -2.23. The molecule has 0 bridgehead atoms. The molecule has 1 atom stereocenters. The SMILES string of the molecule is c1nc2c([nH]1)CNC(CNCc1ccoc1)C2. The van der Waals surface area contributed by atoms with Gasteiger partial charge in [-0.05, 0) is 6.07 Å². The smallest absolute Gasteiger partial charge is 0.0947 e. The van der Waals surface area contributed by atoms with Crippen LogP contribution in [0.5, 0.6) is 0 Å². The van der Waals surface area contributed by atoms with Crippen LogP contribution in [0.4, 0.5) is 0 Å². The number of nitrogens with one attached hydrogen (secondary N) is 3. The normalized spacial score (nSPS) is 19.2. The van der Waals surface area contributed by atoms with E-state index >= 15 is 0 Å². The molecule has 17 heavy (non-hydrogen) atoms. The Labute approximate surface area is 99.6 Å². The number of rotatable bonds is 4. The topological polar surface area (TPSA) is 65.9 Å². The molecule has 1 aliphatic rings. The summed E-state index contributed by atoms with van der Waals surface area (Å²) < 4.78 is 5.02. The molecule has 3 rings (SSSR count). The molecule has 90 valence electrons. The number of hydrogen-bond donors (Lipinski definition) is 3. The van der Waals surface area contributed by atoms with Crippen LogP contribution in [0.2, 0.25) is 0 Å². The van der Waals surface area contributed by atoms with Gasteiger partial charge in [0.25, 0.3) is 0 Å². The van der Waals surface area contributed by atoms with Crippen LogP contribution in [0, 0.1) is 0 Å². The molecule has 5 heteroatoms. The van der Waals surface area contributed by atoms with Gasteiger partial charge < -0.3 is 20.0 Å². The van der Waals surface area contributed by atoms with Crippen LogP contribution in [0.25, 0.3) is 0 Å². The van der Waals surface area contributed by atoms with E-state index in [0.717, 1.165) is 26.1 Å². The van der Waals surface area contributed by atoms with E-state index in [1.165, 1.54) is 17.0 Å². The van der Waals surface area contributed by atoms with E-state index in [1.54, 1.807) is 18.9 Å². The Morgan fingerprint density at radius 1 is 1.53 bits per heavy atom. The second kappa shape index (κ2) is 4.73. The molecular formula is C12H16N4O. The summed E-state index contributed by atoms with van der Waals surface area (Å²) in [5.41, 5.74) is 3.59. The summed E-state index contributed by atoms with van der Waals surface area (Å²) in [4.78, 5) is 7.48. The highest BCUT2D eigenvalue weighted by molar-refractivity contribution is 5.16. The third kappa shape index (κ3) is 2.40. The second-order valence-electron chi connectivity index (χ2n) is 4.37. The Kier molecular flexibility index (Phi) is 2.94. The highest BCUT2D eigenvalue weighted by atomic mass is 16.3. The third-order valence-electron chi connectivity index (χ3n) is 3.11. The molecule has 0 radical (unpaired) electrons. The molecule has 1 unspecified atom stereocenters. The zero-order chi connectivity index (χ0) is 11.5. The van der Waals surface area contributed by atoms with Crippen LogP contribution >= 0.6 is 0 Å². The van der Waals surface area contributed by atoms with Gasteiger partial charge in [0.05, 0.1) is 30.2 Å². The first kappa shape index (κ1) is 10.6. The Balaban J connectivity index is 1.48. The van der Waals surface area contributed by atoms with Gasteiger partial charge in [0.2, 0.25) is 0 Å². The highest BCUT2D eigenvalue weighted by Crippen LogP contribution is 2.11. The van der Waals surface area contributed by atoms with Crippen molar-refractivity contribution in [1.82, 2.24) is 20.6 Å². The number of H-pyrrole nitrogens is 1. The van der Waals surface area contributed by atoms with Gasteiger partial charge in [0, 0.05) is 37.7 Å². The van der Waals surface area contributed by atoms with E-state index in [0.29, 0.717) is 6.04 Å². The zero-order valence-corrected chi connectivity index (χ0v) is 9.57. The number of aromatic nitrogens is 2. The van der Waals surface area contributed by atoms with Crippen molar-refractivity contribution in [3.8, 4) is 0 Å². The van der Waals surface area contributed by atoms with Gasteiger partial charge in [-0.3, -0.25) is 0 Å². The maximum absolute atomic E-state index is 5.02. The third-order valence-corrected chi connectivity index (χ3v) is 3.11. The quantitative estimate of drug-likeness (QED) is 0.729. The van der Waals surface area contributed by atoms with Crippen molar-refractivity contribution < 1.29 is 4.42 Å². The summed E-state index contributed by atoms with van der Waals surface area (Å²) in [5.74, 6) is 0. The zero-order valence-electron chi connectivity index (χ0n) is 9.57. The number of hydrogen-bond acceptors (Lipinski definition) is 4. The van der Waals surface area contributed by atoms with E-state index in [4.69, 9.17) is 4.42 Å². The van der Waals surface area contributed by atoms with E-state index in [-0.39, 0.29) is 0 Å². The van der Waals surface area contributed by atoms with Gasteiger partial charge in [-0.15, -0.1) is 0 Å². The highest BCUT2D eigenvalue weighted by Gasteiger charge is 2.19. The standard InChI is InChI=1S/C12H16N4O/c1-2-17-7-9(1)4-13-5-10-3-11-12(6-14-10)16-8-15-11/h1-2,7-8,10,13-14H,3-6H2,(H,15,16). The van der Waals surface area contributed by atoms with Crippen molar-refractivity contribution in [2.45, 2.75) is 25.6 Å². The Hall–Kier alpha value is -1.59. The fraction of sp³-hybridized carbons (Fsp3) is 0.417. The fourth-order valence-corrected chi connectivity index (χ4v) is 2.16. The predicted molar refractivity (Wildman–Crippen MR) is 63.3 cm³/mol. The average Bonchev–Trinajstić information content (AvgIpc) is 2.98. The second-order valence-corrected chi connectivity index (χ2v) is 4.37. The van der Waals surface area contributed by atoms with Crippen LogP contribution in [0.3, 0.4) is 0 Å². The summed E-state index contributed by atoms with van der Waals surface area (Å²) in [6, 6.07) is 2.44. The van der Waals surface area contributed by atoms with E-state index in [1.807, 2.05) is 6.07 Å². The summed E-state index contributed by atoms with van der Waals surface area (Å²) in [6.07, 6.45) is 6.23. The lowest BCUT2D eigenvalue weighted by Crippen LogP contribution is -2.42. The van der Waals surface area contributed by atoms with Crippen LogP contribution in [0.15, 0.2) is 29.3 Å². The molecule has 0 saturated heterocycles. The van der Waals surface area contributed by atoms with E-state index in [9.17, 15) is 0 Å². The minimum absolute atomic E-state index is 0.456. The number of aromatic amines is 1. The molecule has 2 aromatic rings. The van der Waals surface area contributed by atoms with E-state index < -0.39 is 0 Å². The van der Waals surface area contributed by atoms with Crippen molar-refractivity contribution in [1.29, 1.82) is 0 Å². The largest absolute Gasteiger partial charge is 0.472 e. The lowest BCUT2D eigenvalue weighted by molar-refractivity contribution is 0.440. The first-order valence-corrected chi connectivity index (χ1v) is 5.88. The first-order valence-electron chi connectivity index (χ1n) is 5.88. The van der Waals surface area contributed by atoms with Gasteiger partial charge in [-0.25, -0.2) is 4.98 Å². The molecular weight excluding hydrogens is 216 g/mol. The van der Waals surface area contributed by atoms with Crippen LogP contribution in [-0.2, 0) is 19.5 Å². The van der Waals surface area contributed by atoms with Gasteiger partial charge in [0.1, 0.15) is 0 Å². The number of imidazole rings is 1. The molecule has 3 heterocycles. The fourth-order valence-electron chi connectivity index (χ4n) is 2.16.